The summed E-state index contributed by atoms with van der Waals surface area (Å²) in [5.74, 6) is 0. The lowest BCUT2D eigenvalue weighted by Crippen LogP contribution is -2.37. The summed E-state index contributed by atoms with van der Waals surface area (Å²) in [6.45, 7) is 11.2. The van der Waals surface area contributed by atoms with Crippen LogP contribution in [0, 0.1) is 6.92 Å². The Morgan fingerprint density at radius 1 is 1.21 bits per heavy atom. The minimum atomic E-state index is -2.62. The number of benzene rings is 1. The number of nitrogens with one attached hydrogen (secondary N) is 1. The molecule has 0 radical (unpaired) electrons. The zero-order valence-corrected chi connectivity index (χ0v) is 13.2. The molecule has 0 bridgehead atoms. The second kappa shape index (κ2) is 7.70. The van der Waals surface area contributed by atoms with Gasteiger partial charge in [0.15, 0.2) is 0 Å². The van der Waals surface area contributed by atoms with E-state index >= 15 is 0 Å². The number of halogens is 2. The summed E-state index contributed by atoms with van der Waals surface area (Å²) in [5, 5.41) is 0. The first kappa shape index (κ1) is 18.2. The first-order chi connectivity index (χ1) is 8.70. The summed E-state index contributed by atoms with van der Waals surface area (Å²) in [6, 6.07) is 4.55. The van der Waals surface area contributed by atoms with E-state index in [-0.39, 0.29) is 10.5 Å². The maximum atomic E-state index is 12.8. The number of rotatable bonds is 3. The second-order valence-corrected chi connectivity index (χ2v) is 6.14. The smallest absolute Gasteiger partial charge is 0.237 e. The molecule has 0 aliphatic carbocycles. The van der Waals surface area contributed by atoms with Gasteiger partial charge in [0.25, 0.3) is 6.43 Å². The molecule has 1 N–H and O–H groups in total. The summed E-state index contributed by atoms with van der Waals surface area (Å²) >= 11 is 0. The van der Waals surface area contributed by atoms with Crippen LogP contribution < -0.4 is 4.72 Å². The van der Waals surface area contributed by atoms with Crippen LogP contribution in [0.5, 0.6) is 0 Å². The standard InChI is InChI=1S/C12H17F2NOS.C2H6/c1-8-5-6-10(9(7-8)11(13)14)17(16)15-12(2,3)4;1-2/h5-7,11,15H,1-4H3;1-2H3. The van der Waals surface area contributed by atoms with E-state index in [2.05, 4.69) is 4.72 Å². The van der Waals surface area contributed by atoms with Gasteiger partial charge in [0.05, 0.1) is 4.90 Å². The van der Waals surface area contributed by atoms with Crippen LogP contribution >= 0.6 is 0 Å². The van der Waals surface area contributed by atoms with Crippen LogP contribution in [0.1, 0.15) is 52.2 Å². The van der Waals surface area contributed by atoms with Crippen molar-refractivity contribution < 1.29 is 13.0 Å². The molecule has 5 heteroatoms. The van der Waals surface area contributed by atoms with Gasteiger partial charge in [-0.25, -0.2) is 17.7 Å². The van der Waals surface area contributed by atoms with Crippen LogP contribution in [0.3, 0.4) is 0 Å². The van der Waals surface area contributed by atoms with Gasteiger partial charge in [0.2, 0.25) is 0 Å². The van der Waals surface area contributed by atoms with Gasteiger partial charge in [0, 0.05) is 11.1 Å². The molecule has 0 heterocycles. The topological polar surface area (TPSA) is 29.1 Å². The van der Waals surface area contributed by atoms with Crippen molar-refractivity contribution >= 4 is 11.0 Å². The lowest BCUT2D eigenvalue weighted by molar-refractivity contribution is 0.148. The fourth-order valence-corrected chi connectivity index (χ4v) is 2.56. The molecule has 1 atom stereocenters. The van der Waals surface area contributed by atoms with Crippen molar-refractivity contribution in [1.29, 1.82) is 0 Å². The predicted molar refractivity (Wildman–Crippen MR) is 76.8 cm³/mol. The highest BCUT2D eigenvalue weighted by molar-refractivity contribution is 7.83. The third kappa shape index (κ3) is 6.25. The molecule has 0 aliphatic heterocycles. The first-order valence-corrected chi connectivity index (χ1v) is 7.44. The zero-order chi connectivity index (χ0) is 15.2. The monoisotopic (exact) mass is 291 g/mol. The van der Waals surface area contributed by atoms with Crippen LogP contribution in [-0.2, 0) is 11.0 Å². The van der Waals surface area contributed by atoms with Crippen LogP contribution in [-0.4, -0.2) is 9.75 Å². The Hall–Kier alpha value is -0.810. The van der Waals surface area contributed by atoms with Crippen LogP contribution in [0.4, 0.5) is 8.78 Å². The Bertz CT molecular complexity index is 428. The molecule has 0 saturated carbocycles. The van der Waals surface area contributed by atoms with E-state index < -0.39 is 22.9 Å². The van der Waals surface area contributed by atoms with Gasteiger partial charge < -0.3 is 0 Å². The largest absolute Gasteiger partial charge is 0.265 e. The average Bonchev–Trinajstić information content (AvgIpc) is 2.29. The van der Waals surface area contributed by atoms with Crippen molar-refractivity contribution in [2.75, 3.05) is 0 Å². The maximum Gasteiger partial charge on any atom is 0.265 e. The summed E-state index contributed by atoms with van der Waals surface area (Å²) in [5.41, 5.74) is 0.173. The SMILES string of the molecule is CC.Cc1ccc(S(=O)NC(C)(C)C)c(C(F)F)c1. The molecule has 0 spiro atoms. The molecule has 2 nitrogen and oxygen atoms in total. The Morgan fingerprint density at radius 3 is 2.16 bits per heavy atom. The van der Waals surface area contributed by atoms with Crippen molar-refractivity contribution in [3.8, 4) is 0 Å². The number of hydrogen-bond acceptors (Lipinski definition) is 1. The van der Waals surface area contributed by atoms with E-state index in [1.54, 1.807) is 13.0 Å². The molecule has 1 rings (SSSR count). The first-order valence-electron chi connectivity index (χ1n) is 6.29. The van der Waals surface area contributed by atoms with E-state index in [1.165, 1.54) is 12.1 Å². The van der Waals surface area contributed by atoms with Gasteiger partial charge in [-0.3, -0.25) is 0 Å². The normalized spacial score (nSPS) is 12.9. The summed E-state index contributed by atoms with van der Waals surface area (Å²) in [6.07, 6.45) is -2.62. The molecule has 110 valence electrons. The van der Waals surface area contributed by atoms with Crippen molar-refractivity contribution in [1.82, 2.24) is 4.72 Å². The van der Waals surface area contributed by atoms with Gasteiger partial charge in [0.1, 0.15) is 11.0 Å². The van der Waals surface area contributed by atoms with Crippen LogP contribution in [0.15, 0.2) is 23.1 Å². The van der Waals surface area contributed by atoms with Gasteiger partial charge in [-0.1, -0.05) is 25.5 Å². The van der Waals surface area contributed by atoms with Crippen LogP contribution in [0.2, 0.25) is 0 Å². The number of aryl methyl sites for hydroxylation is 1. The molecule has 0 aliphatic rings. The lowest BCUT2D eigenvalue weighted by atomic mass is 10.1. The van der Waals surface area contributed by atoms with E-state index in [0.717, 1.165) is 5.56 Å². The molecule has 1 aromatic carbocycles. The van der Waals surface area contributed by atoms with Gasteiger partial charge in [-0.05, 0) is 39.8 Å². The minimum Gasteiger partial charge on any atom is -0.237 e. The van der Waals surface area contributed by atoms with Crippen LogP contribution in [0.25, 0.3) is 0 Å². The highest BCUT2D eigenvalue weighted by Gasteiger charge is 2.21. The fraction of sp³-hybridized carbons (Fsp3) is 0.571. The quantitative estimate of drug-likeness (QED) is 0.880. The zero-order valence-electron chi connectivity index (χ0n) is 12.4. The molecule has 1 aromatic rings. The summed E-state index contributed by atoms with van der Waals surface area (Å²) in [4.78, 5) is 0.153. The predicted octanol–water partition coefficient (Wildman–Crippen LogP) is 4.37. The van der Waals surface area contributed by atoms with Crippen molar-refractivity contribution in [2.45, 2.75) is 58.4 Å². The van der Waals surface area contributed by atoms with E-state index in [4.69, 9.17) is 0 Å². The average molecular weight is 291 g/mol. The van der Waals surface area contributed by atoms with Crippen molar-refractivity contribution in [3.05, 3.63) is 29.3 Å². The molecule has 1 unspecified atom stereocenters. The minimum absolute atomic E-state index is 0.153. The van der Waals surface area contributed by atoms with Gasteiger partial charge >= 0.3 is 0 Å². The van der Waals surface area contributed by atoms with E-state index in [1.807, 2.05) is 34.6 Å². The Balaban J connectivity index is 0.00000154. The number of alkyl halides is 2. The van der Waals surface area contributed by atoms with E-state index in [0.29, 0.717) is 0 Å². The Morgan fingerprint density at radius 2 is 1.74 bits per heavy atom. The molecule has 0 aromatic heterocycles. The lowest BCUT2D eigenvalue weighted by Gasteiger charge is -2.20. The third-order valence-corrected chi connectivity index (χ3v) is 3.57. The highest BCUT2D eigenvalue weighted by atomic mass is 32.2. The Labute approximate surface area is 117 Å². The molecular weight excluding hydrogens is 268 g/mol. The maximum absolute atomic E-state index is 12.8. The third-order valence-electron chi connectivity index (χ3n) is 2.00. The number of hydrogen-bond donors (Lipinski definition) is 1. The van der Waals surface area contributed by atoms with Gasteiger partial charge in [-0.2, -0.15) is 0 Å². The highest BCUT2D eigenvalue weighted by Crippen LogP contribution is 2.26. The summed E-state index contributed by atoms with van der Waals surface area (Å²) in [7, 11) is -1.62. The molecule has 0 fully saturated rings. The fourth-order valence-electron chi connectivity index (χ4n) is 1.34. The molecular formula is C14H23F2NOS. The molecule has 0 saturated heterocycles. The second-order valence-electron chi connectivity index (χ2n) is 4.96. The summed E-state index contributed by atoms with van der Waals surface area (Å²) < 4.78 is 40.4. The Kier molecular flexibility index (Phi) is 7.37. The molecule has 0 amide bonds. The van der Waals surface area contributed by atoms with E-state index in [9.17, 15) is 13.0 Å². The van der Waals surface area contributed by atoms with Crippen molar-refractivity contribution in [3.63, 3.8) is 0 Å². The van der Waals surface area contributed by atoms with Gasteiger partial charge in [-0.15, -0.1) is 0 Å². The molecule has 19 heavy (non-hydrogen) atoms. The van der Waals surface area contributed by atoms with Crippen molar-refractivity contribution in [2.24, 2.45) is 0 Å².